The fraction of sp³-hybridized carbons (Fsp3) is 0.571. The molecule has 3 rings (SSSR count). The van der Waals surface area contributed by atoms with Gasteiger partial charge < -0.3 is 5.73 Å². The quantitative estimate of drug-likeness (QED) is 0.915. The van der Waals surface area contributed by atoms with E-state index in [9.17, 15) is 8.42 Å². The SMILES string of the molecule is Cc1ccc(CN)cc1S(=O)(=O)N1CC2CCC1C2. The van der Waals surface area contributed by atoms with E-state index in [0.717, 1.165) is 24.0 Å². The van der Waals surface area contributed by atoms with Crippen LogP contribution < -0.4 is 5.73 Å². The van der Waals surface area contributed by atoms with Gasteiger partial charge in [-0.15, -0.1) is 0 Å². The van der Waals surface area contributed by atoms with E-state index < -0.39 is 10.0 Å². The molecule has 2 bridgehead atoms. The first-order valence-electron chi connectivity index (χ1n) is 6.84. The van der Waals surface area contributed by atoms with E-state index in [4.69, 9.17) is 5.73 Å². The normalized spacial score (nSPS) is 27.1. The highest BCUT2D eigenvalue weighted by Gasteiger charge is 2.44. The van der Waals surface area contributed by atoms with Gasteiger partial charge in [0.05, 0.1) is 4.90 Å². The smallest absolute Gasteiger partial charge is 0.243 e. The molecule has 5 heteroatoms. The molecular formula is C14H20N2O2S. The first-order chi connectivity index (χ1) is 9.02. The van der Waals surface area contributed by atoms with Gasteiger partial charge in [0.25, 0.3) is 0 Å². The molecule has 1 aliphatic carbocycles. The minimum absolute atomic E-state index is 0.218. The second-order valence-electron chi connectivity index (χ2n) is 5.71. The highest BCUT2D eigenvalue weighted by atomic mass is 32.2. The van der Waals surface area contributed by atoms with Crippen molar-refractivity contribution in [1.29, 1.82) is 0 Å². The molecule has 0 amide bonds. The maximum absolute atomic E-state index is 12.8. The number of piperidine rings is 1. The Morgan fingerprint density at radius 1 is 1.37 bits per heavy atom. The minimum atomic E-state index is -3.36. The standard InChI is InChI=1S/C14H20N2O2S/c1-10-2-3-11(8-15)7-14(10)19(17,18)16-9-12-4-5-13(16)6-12/h2-3,7,12-13H,4-6,8-9,15H2,1H3. The zero-order chi connectivity index (χ0) is 13.6. The van der Waals surface area contributed by atoms with Crippen molar-refractivity contribution in [3.63, 3.8) is 0 Å². The van der Waals surface area contributed by atoms with Gasteiger partial charge in [-0.25, -0.2) is 8.42 Å². The van der Waals surface area contributed by atoms with E-state index in [1.54, 1.807) is 10.4 Å². The Hall–Kier alpha value is -0.910. The summed E-state index contributed by atoms with van der Waals surface area (Å²) in [4.78, 5) is 0.433. The van der Waals surface area contributed by atoms with Crippen LogP contribution in [0.4, 0.5) is 0 Å². The maximum Gasteiger partial charge on any atom is 0.243 e. The van der Waals surface area contributed by atoms with Crippen LogP contribution in [0, 0.1) is 12.8 Å². The third-order valence-corrected chi connectivity index (χ3v) is 6.49. The lowest BCUT2D eigenvalue weighted by atomic mass is 10.1. The molecule has 2 N–H and O–H groups in total. The molecule has 19 heavy (non-hydrogen) atoms. The molecule has 1 aromatic rings. The van der Waals surface area contributed by atoms with Crippen molar-refractivity contribution < 1.29 is 8.42 Å². The molecule has 2 fully saturated rings. The summed E-state index contributed by atoms with van der Waals surface area (Å²) in [6.45, 7) is 2.91. The Balaban J connectivity index is 2.00. The van der Waals surface area contributed by atoms with E-state index in [1.165, 1.54) is 6.42 Å². The monoisotopic (exact) mass is 280 g/mol. The average molecular weight is 280 g/mol. The maximum atomic E-state index is 12.8. The number of fused-ring (bicyclic) bond motifs is 2. The Morgan fingerprint density at radius 3 is 2.74 bits per heavy atom. The summed E-state index contributed by atoms with van der Waals surface area (Å²) >= 11 is 0. The second-order valence-corrected chi connectivity index (χ2v) is 7.57. The van der Waals surface area contributed by atoms with Gasteiger partial charge in [-0.2, -0.15) is 4.31 Å². The lowest BCUT2D eigenvalue weighted by Gasteiger charge is -2.27. The molecule has 1 heterocycles. The third kappa shape index (κ3) is 2.10. The van der Waals surface area contributed by atoms with Gasteiger partial charge in [0.2, 0.25) is 10.0 Å². The Bertz CT molecular complexity index is 597. The topological polar surface area (TPSA) is 63.4 Å². The van der Waals surface area contributed by atoms with Gasteiger partial charge in [-0.3, -0.25) is 0 Å². The lowest BCUT2D eigenvalue weighted by molar-refractivity contribution is 0.333. The van der Waals surface area contributed by atoms with E-state index in [2.05, 4.69) is 0 Å². The molecule has 2 unspecified atom stereocenters. The minimum Gasteiger partial charge on any atom is -0.326 e. The molecule has 0 radical (unpaired) electrons. The summed E-state index contributed by atoms with van der Waals surface area (Å²) in [6.07, 6.45) is 3.23. The van der Waals surface area contributed by atoms with Crippen LogP contribution in [0.5, 0.6) is 0 Å². The molecule has 0 spiro atoms. The number of nitrogens with two attached hydrogens (primary N) is 1. The van der Waals surface area contributed by atoms with Crippen molar-refractivity contribution >= 4 is 10.0 Å². The fourth-order valence-corrected chi connectivity index (χ4v) is 5.37. The number of hydrogen-bond acceptors (Lipinski definition) is 3. The van der Waals surface area contributed by atoms with Gasteiger partial charge in [-0.05, 0) is 49.3 Å². The third-order valence-electron chi connectivity index (χ3n) is 4.43. The fourth-order valence-electron chi connectivity index (χ4n) is 3.35. The van der Waals surface area contributed by atoms with Crippen LogP contribution in [0.1, 0.15) is 30.4 Å². The molecule has 2 aliphatic rings. The Morgan fingerprint density at radius 2 is 2.16 bits per heavy atom. The Labute approximate surface area is 114 Å². The van der Waals surface area contributed by atoms with Crippen molar-refractivity contribution in [2.75, 3.05) is 6.54 Å². The van der Waals surface area contributed by atoms with Crippen molar-refractivity contribution in [3.05, 3.63) is 29.3 Å². The number of sulfonamides is 1. The molecule has 1 saturated heterocycles. The van der Waals surface area contributed by atoms with Gasteiger partial charge in [0, 0.05) is 19.1 Å². The van der Waals surface area contributed by atoms with Crippen LogP contribution in [0.3, 0.4) is 0 Å². The molecule has 1 aliphatic heterocycles. The van der Waals surface area contributed by atoms with E-state index in [1.807, 2.05) is 19.1 Å². The number of rotatable bonds is 3. The summed E-state index contributed by atoms with van der Waals surface area (Å²) < 4.78 is 27.3. The molecule has 1 aromatic carbocycles. The Kier molecular flexibility index (Phi) is 3.15. The van der Waals surface area contributed by atoms with Crippen molar-refractivity contribution in [2.45, 2.75) is 43.7 Å². The molecule has 0 aromatic heterocycles. The molecule has 2 atom stereocenters. The van der Waals surface area contributed by atoms with E-state index in [-0.39, 0.29) is 6.04 Å². The van der Waals surface area contributed by atoms with Crippen LogP contribution in [-0.2, 0) is 16.6 Å². The van der Waals surface area contributed by atoms with Gasteiger partial charge >= 0.3 is 0 Å². The van der Waals surface area contributed by atoms with Crippen LogP contribution in [0.2, 0.25) is 0 Å². The predicted octanol–water partition coefficient (Wildman–Crippen LogP) is 1.63. The number of hydrogen-bond donors (Lipinski definition) is 1. The summed E-state index contributed by atoms with van der Waals surface area (Å²) in [5, 5.41) is 0. The van der Waals surface area contributed by atoms with E-state index in [0.29, 0.717) is 23.9 Å². The largest absolute Gasteiger partial charge is 0.326 e. The van der Waals surface area contributed by atoms with Crippen LogP contribution in [0.25, 0.3) is 0 Å². The van der Waals surface area contributed by atoms with Gasteiger partial charge in [0.1, 0.15) is 0 Å². The summed E-state index contributed by atoms with van der Waals surface area (Å²) in [7, 11) is -3.36. The summed E-state index contributed by atoms with van der Waals surface area (Å²) in [5.41, 5.74) is 7.29. The van der Waals surface area contributed by atoms with Crippen molar-refractivity contribution in [2.24, 2.45) is 11.7 Å². The zero-order valence-corrected chi connectivity index (χ0v) is 12.0. The highest BCUT2D eigenvalue weighted by molar-refractivity contribution is 7.89. The van der Waals surface area contributed by atoms with E-state index >= 15 is 0 Å². The van der Waals surface area contributed by atoms with Crippen LogP contribution >= 0.6 is 0 Å². The number of benzene rings is 1. The molecule has 1 saturated carbocycles. The van der Waals surface area contributed by atoms with Crippen molar-refractivity contribution in [1.82, 2.24) is 4.31 Å². The van der Waals surface area contributed by atoms with Gasteiger partial charge in [0.15, 0.2) is 0 Å². The number of aryl methyl sites for hydroxylation is 1. The molecule has 104 valence electrons. The first-order valence-corrected chi connectivity index (χ1v) is 8.28. The molecule has 4 nitrogen and oxygen atoms in total. The predicted molar refractivity (Wildman–Crippen MR) is 74.1 cm³/mol. The number of nitrogens with zero attached hydrogens (tertiary/aromatic N) is 1. The van der Waals surface area contributed by atoms with Crippen LogP contribution in [0.15, 0.2) is 23.1 Å². The lowest BCUT2D eigenvalue weighted by Crippen LogP contribution is -2.37. The van der Waals surface area contributed by atoms with Gasteiger partial charge in [-0.1, -0.05) is 12.1 Å². The van der Waals surface area contributed by atoms with Crippen molar-refractivity contribution in [3.8, 4) is 0 Å². The summed E-state index contributed by atoms with van der Waals surface area (Å²) in [6, 6.07) is 5.70. The highest BCUT2D eigenvalue weighted by Crippen LogP contribution is 2.40. The second kappa shape index (κ2) is 4.58. The first kappa shape index (κ1) is 13.1. The zero-order valence-electron chi connectivity index (χ0n) is 11.2. The molecular weight excluding hydrogens is 260 g/mol. The average Bonchev–Trinajstić information content (AvgIpc) is 3.01. The summed E-state index contributed by atoms with van der Waals surface area (Å²) in [5.74, 6) is 0.567. The van der Waals surface area contributed by atoms with Crippen LogP contribution in [-0.4, -0.2) is 25.3 Å².